The molecule has 1 unspecified atom stereocenters. The molecular weight excluding hydrogens is 420 g/mol. The number of carbonyl (C=O) groups excluding carboxylic acids is 1. The monoisotopic (exact) mass is 458 g/mol. The first-order valence-electron chi connectivity index (χ1n) is 11.3. The molecule has 0 radical (unpaired) electrons. The van der Waals surface area contributed by atoms with E-state index in [-0.39, 0.29) is 6.10 Å². The lowest BCUT2D eigenvalue weighted by atomic mass is 10.1. The molecule has 5 nitrogen and oxygen atoms in total. The molecule has 0 aliphatic carbocycles. The molecule has 0 bridgehead atoms. The minimum atomic E-state index is -2.06. The fourth-order valence-corrected chi connectivity index (χ4v) is 10.2. The number of rotatable bonds is 11. The fraction of sp³-hybridized carbons (Fsp3) is 0.500. The molecule has 0 aromatic heterocycles. The summed E-state index contributed by atoms with van der Waals surface area (Å²) in [6, 6.07) is 15.2. The lowest BCUT2D eigenvalue weighted by molar-refractivity contribution is 0.0600. The van der Waals surface area contributed by atoms with E-state index in [1.807, 2.05) is 30.3 Å². The number of methoxy groups -OCH3 is 2. The van der Waals surface area contributed by atoms with Crippen LogP contribution in [0.3, 0.4) is 0 Å². The number of esters is 1. The van der Waals surface area contributed by atoms with Crippen molar-refractivity contribution >= 4 is 14.3 Å². The normalized spacial score (nSPS) is 12.8. The molecule has 2 aromatic rings. The highest BCUT2D eigenvalue weighted by atomic mass is 28.4. The van der Waals surface area contributed by atoms with Gasteiger partial charge in [-0.2, -0.15) is 0 Å². The van der Waals surface area contributed by atoms with Crippen molar-refractivity contribution in [3.63, 3.8) is 0 Å². The van der Waals surface area contributed by atoms with Crippen molar-refractivity contribution in [1.82, 2.24) is 0 Å². The van der Waals surface area contributed by atoms with E-state index in [4.69, 9.17) is 18.6 Å². The maximum Gasteiger partial charge on any atom is 0.337 e. The van der Waals surface area contributed by atoms with Gasteiger partial charge in [-0.15, -0.1) is 0 Å². The molecule has 0 saturated heterocycles. The average Bonchev–Trinajstić information content (AvgIpc) is 2.78. The summed E-state index contributed by atoms with van der Waals surface area (Å²) in [5, 5.41) is 0. The number of hydrogen-bond donors (Lipinski definition) is 0. The van der Waals surface area contributed by atoms with E-state index in [1.54, 1.807) is 25.3 Å². The van der Waals surface area contributed by atoms with Crippen LogP contribution in [0.5, 0.6) is 11.5 Å². The first-order valence-corrected chi connectivity index (χ1v) is 13.4. The third-order valence-corrected chi connectivity index (χ3v) is 12.3. The van der Waals surface area contributed by atoms with E-state index in [0.29, 0.717) is 40.3 Å². The molecule has 0 aliphatic rings. The Bertz CT molecular complexity index is 842. The van der Waals surface area contributed by atoms with Gasteiger partial charge in [0.1, 0.15) is 6.10 Å². The van der Waals surface area contributed by atoms with Gasteiger partial charge < -0.3 is 18.6 Å². The van der Waals surface area contributed by atoms with E-state index >= 15 is 0 Å². The summed E-state index contributed by atoms with van der Waals surface area (Å²) in [6.45, 7) is 14.1. The molecule has 2 rings (SSSR count). The molecule has 1 atom stereocenters. The summed E-state index contributed by atoms with van der Waals surface area (Å²) in [5.41, 5.74) is 2.88. The minimum Gasteiger partial charge on any atom is -0.493 e. The van der Waals surface area contributed by atoms with Gasteiger partial charge in [-0.3, -0.25) is 0 Å². The number of hydrogen-bond acceptors (Lipinski definition) is 5. The van der Waals surface area contributed by atoms with Crippen LogP contribution in [0.25, 0.3) is 0 Å². The van der Waals surface area contributed by atoms with Gasteiger partial charge in [-0.1, -0.05) is 71.9 Å². The van der Waals surface area contributed by atoms with Crippen molar-refractivity contribution < 1.29 is 23.4 Å². The maximum absolute atomic E-state index is 11.9. The van der Waals surface area contributed by atoms with Gasteiger partial charge >= 0.3 is 5.97 Å². The van der Waals surface area contributed by atoms with Crippen molar-refractivity contribution in [2.45, 2.75) is 64.3 Å². The van der Waals surface area contributed by atoms with Gasteiger partial charge in [0.15, 0.2) is 11.5 Å². The topological polar surface area (TPSA) is 54.0 Å². The Labute approximate surface area is 194 Å². The molecule has 0 saturated carbocycles. The lowest BCUT2D eigenvalue weighted by Gasteiger charge is -2.43. The second kappa shape index (κ2) is 11.5. The Kier molecular flexibility index (Phi) is 9.34. The second-order valence-electron chi connectivity index (χ2n) is 9.00. The summed E-state index contributed by atoms with van der Waals surface area (Å²) in [7, 11) is 0.855. The van der Waals surface area contributed by atoms with E-state index < -0.39 is 14.3 Å². The molecule has 0 amide bonds. The molecule has 6 heteroatoms. The van der Waals surface area contributed by atoms with Crippen molar-refractivity contribution in [3.05, 3.63) is 59.7 Å². The van der Waals surface area contributed by atoms with Gasteiger partial charge in [-0.05, 0) is 40.4 Å². The average molecular weight is 459 g/mol. The van der Waals surface area contributed by atoms with Crippen molar-refractivity contribution in [1.29, 1.82) is 0 Å². The smallest absolute Gasteiger partial charge is 0.337 e. The van der Waals surface area contributed by atoms with E-state index in [2.05, 4.69) is 41.5 Å². The molecular formula is C26H38O5Si. The summed E-state index contributed by atoms with van der Waals surface area (Å²) in [4.78, 5) is 11.9. The van der Waals surface area contributed by atoms with Crippen LogP contribution in [-0.4, -0.2) is 35.1 Å². The Balaban J connectivity index is 2.38. The maximum atomic E-state index is 11.9. The lowest BCUT2D eigenvalue weighted by Crippen LogP contribution is -2.48. The van der Waals surface area contributed by atoms with Gasteiger partial charge in [-0.25, -0.2) is 4.79 Å². The van der Waals surface area contributed by atoms with E-state index in [9.17, 15) is 4.79 Å². The van der Waals surface area contributed by atoms with Gasteiger partial charge in [0, 0.05) is 0 Å². The standard InChI is InChI=1S/C26H38O5Si/c1-18(2)32(19(3)4,20(5)6)30-17-25(21-12-10-9-11-13-21)31-23-15-14-22(26(27)29-8)16-24(23)28-7/h9-16,18-20,25H,17H2,1-8H3. The fourth-order valence-electron chi connectivity index (χ4n) is 4.75. The largest absolute Gasteiger partial charge is 0.493 e. The molecule has 0 heterocycles. The number of ether oxygens (including phenoxy) is 3. The van der Waals surface area contributed by atoms with Crippen LogP contribution >= 0.6 is 0 Å². The first kappa shape index (κ1) is 25.9. The van der Waals surface area contributed by atoms with Crippen LogP contribution in [-0.2, 0) is 9.16 Å². The zero-order valence-corrected chi connectivity index (χ0v) is 21.7. The summed E-state index contributed by atoms with van der Waals surface area (Å²) in [5.74, 6) is 0.622. The zero-order chi connectivity index (χ0) is 23.9. The van der Waals surface area contributed by atoms with Crippen LogP contribution in [0.2, 0.25) is 16.6 Å². The molecule has 176 valence electrons. The third-order valence-electron chi connectivity index (χ3n) is 6.22. The third kappa shape index (κ3) is 5.73. The predicted octanol–water partition coefficient (Wildman–Crippen LogP) is 6.79. The van der Waals surface area contributed by atoms with Gasteiger partial charge in [0.05, 0.1) is 26.4 Å². The number of carbonyl (C=O) groups is 1. The van der Waals surface area contributed by atoms with Crippen LogP contribution in [0, 0.1) is 0 Å². The van der Waals surface area contributed by atoms with Gasteiger partial charge in [0.2, 0.25) is 8.32 Å². The van der Waals surface area contributed by atoms with Crippen LogP contribution in [0.4, 0.5) is 0 Å². The van der Waals surface area contributed by atoms with Crippen molar-refractivity contribution in [3.8, 4) is 11.5 Å². The van der Waals surface area contributed by atoms with Crippen LogP contribution in [0.1, 0.15) is 63.6 Å². The van der Waals surface area contributed by atoms with Crippen LogP contribution < -0.4 is 9.47 Å². The summed E-state index contributed by atoms with van der Waals surface area (Å²) < 4.78 is 23.6. The van der Waals surface area contributed by atoms with Crippen molar-refractivity contribution in [2.24, 2.45) is 0 Å². The van der Waals surface area contributed by atoms with Gasteiger partial charge in [0.25, 0.3) is 0 Å². The van der Waals surface area contributed by atoms with Crippen LogP contribution in [0.15, 0.2) is 48.5 Å². The first-order chi connectivity index (χ1) is 15.2. The van der Waals surface area contributed by atoms with Crippen molar-refractivity contribution in [2.75, 3.05) is 20.8 Å². The molecule has 32 heavy (non-hydrogen) atoms. The number of benzene rings is 2. The SMILES string of the molecule is COC(=O)c1ccc(OC(CO[Si](C(C)C)(C(C)C)C(C)C)c2ccccc2)c(OC)c1. The highest BCUT2D eigenvalue weighted by Gasteiger charge is 2.45. The Hall–Kier alpha value is -2.31. The molecule has 0 aliphatic heterocycles. The summed E-state index contributed by atoms with van der Waals surface area (Å²) in [6.07, 6.45) is -0.308. The molecule has 2 aromatic carbocycles. The predicted molar refractivity (Wildman–Crippen MR) is 131 cm³/mol. The Morgan fingerprint density at radius 2 is 1.44 bits per heavy atom. The highest BCUT2D eigenvalue weighted by molar-refractivity contribution is 6.77. The Morgan fingerprint density at radius 3 is 1.94 bits per heavy atom. The van der Waals surface area contributed by atoms with E-state index in [0.717, 1.165) is 5.56 Å². The van der Waals surface area contributed by atoms with E-state index in [1.165, 1.54) is 7.11 Å². The zero-order valence-electron chi connectivity index (χ0n) is 20.7. The molecule has 0 fully saturated rings. The summed E-state index contributed by atoms with van der Waals surface area (Å²) >= 11 is 0. The second-order valence-corrected chi connectivity index (χ2v) is 14.5. The highest BCUT2D eigenvalue weighted by Crippen LogP contribution is 2.43. The Morgan fingerprint density at radius 1 is 0.844 bits per heavy atom. The quantitative estimate of drug-likeness (QED) is 0.274. The molecule has 0 spiro atoms. The minimum absolute atomic E-state index is 0.308. The molecule has 0 N–H and O–H groups in total.